The van der Waals surface area contributed by atoms with Gasteiger partial charge < -0.3 is 5.32 Å². The van der Waals surface area contributed by atoms with Gasteiger partial charge in [0.05, 0.1) is 0 Å². The smallest absolute Gasteiger partial charge is 0.0213 e. The summed E-state index contributed by atoms with van der Waals surface area (Å²) in [5.74, 6) is 1.76. The van der Waals surface area contributed by atoms with Crippen LogP contribution in [0.25, 0.3) is 0 Å². The molecule has 1 nitrogen and oxygen atoms in total. The van der Waals surface area contributed by atoms with Crippen LogP contribution >= 0.6 is 11.3 Å². The molecule has 0 radical (unpaired) electrons. The van der Waals surface area contributed by atoms with Crippen LogP contribution in [0.4, 0.5) is 0 Å². The minimum Gasteiger partial charge on any atom is -0.316 e. The van der Waals surface area contributed by atoms with Crippen molar-refractivity contribution >= 4 is 11.3 Å². The van der Waals surface area contributed by atoms with Crippen molar-refractivity contribution < 1.29 is 0 Å². The summed E-state index contributed by atoms with van der Waals surface area (Å²) in [6.45, 7) is 5.76. The number of rotatable bonds is 3. The lowest BCUT2D eigenvalue weighted by atomic mass is 9.81. The molecule has 0 aromatic carbocycles. The molecule has 1 unspecified atom stereocenters. The molecule has 1 aliphatic rings. The van der Waals surface area contributed by atoms with Crippen LogP contribution < -0.4 is 5.32 Å². The molecule has 1 aromatic heterocycles. The lowest BCUT2D eigenvalue weighted by Gasteiger charge is -2.26. The Hall–Kier alpha value is -0.340. The molecule has 0 saturated heterocycles. The Kier molecular flexibility index (Phi) is 3.47. The Labute approximate surface area is 96.9 Å². The first-order valence-electron chi connectivity index (χ1n) is 5.95. The van der Waals surface area contributed by atoms with E-state index in [-0.39, 0.29) is 0 Å². The van der Waals surface area contributed by atoms with Crippen LogP contribution in [0.5, 0.6) is 0 Å². The SMILES string of the molecule is CNCc1csc2c1CCC(C(C)C)C2. The molecule has 0 bridgehead atoms. The molecule has 15 heavy (non-hydrogen) atoms. The first kappa shape index (κ1) is 11.2. The third kappa shape index (κ3) is 2.26. The molecule has 1 heterocycles. The number of fused-ring (bicyclic) bond motifs is 1. The van der Waals surface area contributed by atoms with Crippen molar-refractivity contribution in [1.29, 1.82) is 0 Å². The maximum Gasteiger partial charge on any atom is 0.0213 e. The monoisotopic (exact) mass is 223 g/mol. The van der Waals surface area contributed by atoms with Crippen molar-refractivity contribution in [2.45, 2.75) is 39.7 Å². The molecule has 84 valence electrons. The minimum absolute atomic E-state index is 0.841. The summed E-state index contributed by atoms with van der Waals surface area (Å²) in [5.41, 5.74) is 3.20. The third-order valence-electron chi connectivity index (χ3n) is 3.59. The van der Waals surface area contributed by atoms with E-state index in [0.717, 1.165) is 18.4 Å². The van der Waals surface area contributed by atoms with Gasteiger partial charge in [-0.1, -0.05) is 13.8 Å². The van der Waals surface area contributed by atoms with Crippen LogP contribution in [0.15, 0.2) is 5.38 Å². The number of hydrogen-bond acceptors (Lipinski definition) is 2. The Morgan fingerprint density at radius 1 is 1.53 bits per heavy atom. The van der Waals surface area contributed by atoms with E-state index in [1.165, 1.54) is 19.3 Å². The van der Waals surface area contributed by atoms with E-state index in [0.29, 0.717) is 0 Å². The average Bonchev–Trinajstić information content (AvgIpc) is 2.61. The average molecular weight is 223 g/mol. The second-order valence-corrected chi connectivity index (χ2v) is 5.90. The third-order valence-corrected chi connectivity index (χ3v) is 4.69. The van der Waals surface area contributed by atoms with E-state index >= 15 is 0 Å². The fourth-order valence-corrected chi connectivity index (χ4v) is 3.71. The first-order chi connectivity index (χ1) is 7.22. The van der Waals surface area contributed by atoms with Crippen LogP contribution in [0.1, 0.15) is 36.3 Å². The predicted octanol–water partition coefficient (Wildman–Crippen LogP) is 3.23. The van der Waals surface area contributed by atoms with Gasteiger partial charge in [-0.3, -0.25) is 0 Å². The lowest BCUT2D eigenvalue weighted by Crippen LogP contribution is -2.18. The van der Waals surface area contributed by atoms with E-state index in [1.54, 1.807) is 16.0 Å². The van der Waals surface area contributed by atoms with Crippen molar-refractivity contribution in [3.05, 3.63) is 21.4 Å². The summed E-state index contributed by atoms with van der Waals surface area (Å²) in [6, 6.07) is 0. The zero-order valence-electron chi connectivity index (χ0n) is 9.97. The van der Waals surface area contributed by atoms with Gasteiger partial charge in [-0.2, -0.15) is 0 Å². The standard InChI is InChI=1S/C13H21NS/c1-9(2)10-4-5-12-11(7-14-3)8-15-13(12)6-10/h8-10,14H,4-7H2,1-3H3. The van der Waals surface area contributed by atoms with Gasteiger partial charge in [0.2, 0.25) is 0 Å². The van der Waals surface area contributed by atoms with Crippen LogP contribution in [0.3, 0.4) is 0 Å². The van der Waals surface area contributed by atoms with Crippen molar-refractivity contribution in [1.82, 2.24) is 5.32 Å². The molecule has 2 rings (SSSR count). The summed E-state index contributed by atoms with van der Waals surface area (Å²) in [7, 11) is 2.03. The first-order valence-corrected chi connectivity index (χ1v) is 6.83. The number of hydrogen-bond donors (Lipinski definition) is 1. The topological polar surface area (TPSA) is 12.0 Å². The van der Waals surface area contributed by atoms with Gasteiger partial charge in [0.1, 0.15) is 0 Å². The van der Waals surface area contributed by atoms with Gasteiger partial charge in [0.15, 0.2) is 0 Å². The second-order valence-electron chi connectivity index (χ2n) is 4.94. The van der Waals surface area contributed by atoms with Crippen LogP contribution in [0.2, 0.25) is 0 Å². The van der Waals surface area contributed by atoms with Crippen LogP contribution in [0, 0.1) is 11.8 Å². The Balaban J connectivity index is 2.15. The Morgan fingerprint density at radius 2 is 2.33 bits per heavy atom. The van der Waals surface area contributed by atoms with E-state index < -0.39 is 0 Å². The maximum atomic E-state index is 3.26. The quantitative estimate of drug-likeness (QED) is 0.829. The molecule has 1 atom stereocenters. The molecule has 1 aliphatic carbocycles. The van der Waals surface area contributed by atoms with Gasteiger partial charge in [0.25, 0.3) is 0 Å². The highest BCUT2D eigenvalue weighted by Gasteiger charge is 2.23. The summed E-state index contributed by atoms with van der Waals surface area (Å²) in [5, 5.41) is 5.61. The van der Waals surface area contributed by atoms with E-state index in [1.807, 2.05) is 18.4 Å². The highest BCUT2D eigenvalue weighted by atomic mass is 32.1. The summed E-state index contributed by atoms with van der Waals surface area (Å²) >= 11 is 1.97. The molecule has 0 amide bonds. The normalized spacial score (nSPS) is 20.7. The van der Waals surface area contributed by atoms with Crippen LogP contribution in [-0.4, -0.2) is 7.05 Å². The minimum atomic E-state index is 0.841. The zero-order chi connectivity index (χ0) is 10.8. The highest BCUT2D eigenvalue weighted by Crippen LogP contribution is 2.35. The Bertz CT molecular complexity index is 327. The lowest BCUT2D eigenvalue weighted by molar-refractivity contribution is 0.345. The second kappa shape index (κ2) is 4.67. The Morgan fingerprint density at radius 3 is 3.00 bits per heavy atom. The fourth-order valence-electron chi connectivity index (χ4n) is 2.51. The summed E-state index contributed by atoms with van der Waals surface area (Å²) < 4.78 is 0. The molecular weight excluding hydrogens is 202 g/mol. The molecule has 2 heteroatoms. The van der Waals surface area contributed by atoms with Gasteiger partial charge in [-0.15, -0.1) is 11.3 Å². The van der Waals surface area contributed by atoms with E-state index in [4.69, 9.17) is 0 Å². The van der Waals surface area contributed by atoms with Gasteiger partial charge in [-0.25, -0.2) is 0 Å². The van der Waals surface area contributed by atoms with Crippen molar-refractivity contribution in [3.8, 4) is 0 Å². The van der Waals surface area contributed by atoms with Gasteiger partial charge >= 0.3 is 0 Å². The molecule has 0 fully saturated rings. The largest absolute Gasteiger partial charge is 0.316 e. The van der Waals surface area contributed by atoms with Gasteiger partial charge in [-0.05, 0) is 54.7 Å². The highest BCUT2D eigenvalue weighted by molar-refractivity contribution is 7.10. The molecule has 1 N–H and O–H groups in total. The van der Waals surface area contributed by atoms with E-state index in [9.17, 15) is 0 Å². The maximum absolute atomic E-state index is 3.26. The molecule has 0 saturated carbocycles. The van der Waals surface area contributed by atoms with Gasteiger partial charge in [0, 0.05) is 11.4 Å². The number of thiophene rings is 1. The molecule has 0 spiro atoms. The summed E-state index contributed by atoms with van der Waals surface area (Å²) in [6.07, 6.45) is 4.01. The van der Waals surface area contributed by atoms with Crippen molar-refractivity contribution in [2.24, 2.45) is 11.8 Å². The molecular formula is C13H21NS. The predicted molar refractivity (Wildman–Crippen MR) is 67.4 cm³/mol. The molecule has 0 aliphatic heterocycles. The van der Waals surface area contributed by atoms with Crippen molar-refractivity contribution in [2.75, 3.05) is 7.05 Å². The summed E-state index contributed by atoms with van der Waals surface area (Å²) in [4.78, 5) is 1.66. The molecule has 1 aromatic rings. The van der Waals surface area contributed by atoms with Crippen molar-refractivity contribution in [3.63, 3.8) is 0 Å². The number of nitrogens with one attached hydrogen (secondary N) is 1. The van der Waals surface area contributed by atoms with E-state index in [2.05, 4.69) is 24.5 Å². The fraction of sp³-hybridized carbons (Fsp3) is 0.692. The van der Waals surface area contributed by atoms with Crippen LogP contribution in [-0.2, 0) is 19.4 Å². The zero-order valence-corrected chi connectivity index (χ0v) is 10.8.